The van der Waals surface area contributed by atoms with Crippen molar-refractivity contribution in [2.75, 3.05) is 0 Å². The van der Waals surface area contributed by atoms with Crippen LogP contribution in [-0.4, -0.2) is 16.1 Å². The number of rotatable bonds is 1. The SMILES string of the molecule is Cc1ccc2c(c1)[nH]c1cc(C(=O)O)oc12. The molecule has 0 fully saturated rings. The van der Waals surface area contributed by atoms with Crippen molar-refractivity contribution in [3.8, 4) is 0 Å². The lowest BCUT2D eigenvalue weighted by molar-refractivity contribution is 0.0665. The first-order chi connectivity index (χ1) is 7.65. The number of aryl methyl sites for hydroxylation is 1. The van der Waals surface area contributed by atoms with Crippen molar-refractivity contribution in [1.82, 2.24) is 4.98 Å². The highest BCUT2D eigenvalue weighted by atomic mass is 16.4. The summed E-state index contributed by atoms with van der Waals surface area (Å²) in [5, 5.41) is 9.72. The zero-order valence-electron chi connectivity index (χ0n) is 8.57. The fourth-order valence-corrected chi connectivity index (χ4v) is 1.89. The highest BCUT2D eigenvalue weighted by molar-refractivity contribution is 6.06. The van der Waals surface area contributed by atoms with Gasteiger partial charge in [0.2, 0.25) is 5.76 Å². The van der Waals surface area contributed by atoms with Gasteiger partial charge in [0.1, 0.15) is 0 Å². The number of benzene rings is 1. The van der Waals surface area contributed by atoms with Crippen molar-refractivity contribution in [2.24, 2.45) is 0 Å². The molecular formula is C12H9NO3. The minimum Gasteiger partial charge on any atom is -0.475 e. The van der Waals surface area contributed by atoms with Crippen molar-refractivity contribution in [2.45, 2.75) is 6.92 Å². The van der Waals surface area contributed by atoms with Gasteiger partial charge in [-0.3, -0.25) is 0 Å². The van der Waals surface area contributed by atoms with Crippen LogP contribution in [0.25, 0.3) is 22.0 Å². The van der Waals surface area contributed by atoms with Gasteiger partial charge in [-0.25, -0.2) is 4.79 Å². The molecule has 0 aliphatic carbocycles. The van der Waals surface area contributed by atoms with Crippen molar-refractivity contribution in [3.05, 3.63) is 35.6 Å². The van der Waals surface area contributed by atoms with E-state index in [1.54, 1.807) is 0 Å². The Hall–Kier alpha value is -2.23. The first-order valence-corrected chi connectivity index (χ1v) is 4.90. The summed E-state index contributed by atoms with van der Waals surface area (Å²) in [5.74, 6) is -1.09. The second-order valence-corrected chi connectivity index (χ2v) is 3.83. The van der Waals surface area contributed by atoms with Crippen LogP contribution in [0.5, 0.6) is 0 Å². The first kappa shape index (κ1) is 9.03. The highest BCUT2D eigenvalue weighted by Crippen LogP contribution is 2.28. The molecule has 4 nitrogen and oxygen atoms in total. The summed E-state index contributed by atoms with van der Waals surface area (Å²) in [6.45, 7) is 2.00. The average Bonchev–Trinajstić information content (AvgIpc) is 2.73. The number of carbonyl (C=O) groups is 1. The zero-order valence-corrected chi connectivity index (χ0v) is 8.57. The molecule has 0 unspecified atom stereocenters. The number of fused-ring (bicyclic) bond motifs is 3. The summed E-state index contributed by atoms with van der Waals surface area (Å²) >= 11 is 0. The smallest absolute Gasteiger partial charge is 0.371 e. The van der Waals surface area contributed by atoms with Gasteiger partial charge in [0.05, 0.1) is 5.52 Å². The number of furan rings is 1. The molecule has 16 heavy (non-hydrogen) atoms. The van der Waals surface area contributed by atoms with Gasteiger partial charge in [0.15, 0.2) is 5.58 Å². The summed E-state index contributed by atoms with van der Waals surface area (Å²) in [6, 6.07) is 7.41. The van der Waals surface area contributed by atoms with Crippen LogP contribution in [0.2, 0.25) is 0 Å². The van der Waals surface area contributed by atoms with Crippen molar-refractivity contribution >= 4 is 28.0 Å². The van der Waals surface area contributed by atoms with E-state index in [1.165, 1.54) is 6.07 Å². The molecule has 0 bridgehead atoms. The van der Waals surface area contributed by atoms with E-state index in [9.17, 15) is 4.79 Å². The summed E-state index contributed by atoms with van der Waals surface area (Å²) in [5.41, 5.74) is 3.44. The topological polar surface area (TPSA) is 66.2 Å². The Bertz CT molecular complexity index is 706. The van der Waals surface area contributed by atoms with E-state index in [1.807, 2.05) is 25.1 Å². The summed E-state index contributed by atoms with van der Waals surface area (Å²) in [4.78, 5) is 13.9. The molecule has 2 N–H and O–H groups in total. The molecule has 2 heterocycles. The molecule has 1 aromatic carbocycles. The third kappa shape index (κ3) is 1.13. The predicted molar refractivity (Wildman–Crippen MR) is 59.8 cm³/mol. The number of H-pyrrole nitrogens is 1. The fourth-order valence-electron chi connectivity index (χ4n) is 1.89. The Labute approximate surface area is 90.5 Å². The third-order valence-corrected chi connectivity index (χ3v) is 2.63. The lowest BCUT2D eigenvalue weighted by Gasteiger charge is -1.92. The Kier molecular flexibility index (Phi) is 1.63. The molecule has 3 aromatic rings. The first-order valence-electron chi connectivity index (χ1n) is 4.90. The van der Waals surface area contributed by atoms with E-state index in [0.717, 1.165) is 22.0 Å². The zero-order chi connectivity index (χ0) is 11.3. The number of aromatic nitrogens is 1. The Balaban J connectivity index is 2.38. The van der Waals surface area contributed by atoms with Crippen molar-refractivity contribution in [1.29, 1.82) is 0 Å². The average molecular weight is 215 g/mol. The van der Waals surface area contributed by atoms with Crippen LogP contribution in [0.3, 0.4) is 0 Å². The Morgan fingerprint density at radius 2 is 2.12 bits per heavy atom. The van der Waals surface area contributed by atoms with Gasteiger partial charge < -0.3 is 14.5 Å². The van der Waals surface area contributed by atoms with Crippen LogP contribution >= 0.6 is 0 Å². The molecule has 0 aliphatic rings. The van der Waals surface area contributed by atoms with E-state index < -0.39 is 5.97 Å². The summed E-state index contributed by atoms with van der Waals surface area (Å²) in [7, 11) is 0. The van der Waals surface area contributed by atoms with Gasteiger partial charge in [-0.2, -0.15) is 0 Å². The van der Waals surface area contributed by atoms with Crippen LogP contribution in [-0.2, 0) is 0 Å². The van der Waals surface area contributed by atoms with Gasteiger partial charge in [0.25, 0.3) is 0 Å². The molecule has 80 valence electrons. The van der Waals surface area contributed by atoms with Crippen LogP contribution in [0.15, 0.2) is 28.7 Å². The summed E-state index contributed by atoms with van der Waals surface area (Å²) < 4.78 is 5.29. The second kappa shape index (κ2) is 2.88. The third-order valence-electron chi connectivity index (χ3n) is 2.63. The minimum absolute atomic E-state index is 0.0382. The van der Waals surface area contributed by atoms with Gasteiger partial charge in [0, 0.05) is 17.0 Å². The summed E-state index contributed by atoms with van der Waals surface area (Å²) in [6.07, 6.45) is 0. The van der Waals surface area contributed by atoms with Crippen molar-refractivity contribution < 1.29 is 14.3 Å². The molecule has 0 radical (unpaired) electrons. The molecule has 0 spiro atoms. The predicted octanol–water partition coefficient (Wildman–Crippen LogP) is 2.92. The Morgan fingerprint density at radius 3 is 2.88 bits per heavy atom. The van der Waals surface area contributed by atoms with Gasteiger partial charge in [-0.1, -0.05) is 6.07 Å². The van der Waals surface area contributed by atoms with E-state index in [-0.39, 0.29) is 5.76 Å². The molecule has 0 aliphatic heterocycles. The number of aromatic carboxylic acids is 1. The number of carboxylic acids is 1. The van der Waals surface area contributed by atoms with E-state index in [4.69, 9.17) is 9.52 Å². The normalized spacial score (nSPS) is 11.3. The maximum Gasteiger partial charge on any atom is 0.371 e. The lowest BCUT2D eigenvalue weighted by Crippen LogP contribution is -1.91. The van der Waals surface area contributed by atoms with E-state index >= 15 is 0 Å². The van der Waals surface area contributed by atoms with Gasteiger partial charge in [-0.15, -0.1) is 0 Å². The van der Waals surface area contributed by atoms with Crippen LogP contribution < -0.4 is 0 Å². The molecule has 0 atom stereocenters. The largest absolute Gasteiger partial charge is 0.475 e. The number of aromatic amines is 1. The second-order valence-electron chi connectivity index (χ2n) is 3.83. The van der Waals surface area contributed by atoms with Crippen LogP contribution in [0.4, 0.5) is 0 Å². The van der Waals surface area contributed by atoms with Gasteiger partial charge in [-0.05, 0) is 24.6 Å². The van der Waals surface area contributed by atoms with Gasteiger partial charge >= 0.3 is 5.97 Å². The molecule has 0 saturated heterocycles. The van der Waals surface area contributed by atoms with Crippen molar-refractivity contribution in [3.63, 3.8) is 0 Å². The lowest BCUT2D eigenvalue weighted by atomic mass is 10.2. The fraction of sp³-hybridized carbons (Fsp3) is 0.0833. The number of hydrogen-bond acceptors (Lipinski definition) is 2. The van der Waals surface area contributed by atoms with Crippen LogP contribution in [0.1, 0.15) is 16.1 Å². The van der Waals surface area contributed by atoms with Crippen LogP contribution in [0, 0.1) is 6.92 Å². The number of nitrogens with one attached hydrogen (secondary N) is 1. The molecular weight excluding hydrogens is 206 g/mol. The van der Waals surface area contributed by atoms with E-state index in [0.29, 0.717) is 5.58 Å². The number of hydrogen-bond donors (Lipinski definition) is 2. The minimum atomic E-state index is -1.05. The molecule has 0 amide bonds. The Morgan fingerprint density at radius 1 is 1.31 bits per heavy atom. The maximum absolute atomic E-state index is 10.8. The quantitative estimate of drug-likeness (QED) is 0.655. The molecule has 0 saturated carbocycles. The highest BCUT2D eigenvalue weighted by Gasteiger charge is 2.14. The molecule has 3 rings (SSSR count). The molecule has 4 heteroatoms. The standard InChI is InChI=1S/C12H9NO3/c1-6-2-3-7-8(4-6)13-9-5-10(12(14)15)16-11(7)9/h2-5,13H,1H3,(H,14,15). The number of carboxylic acid groups (broad SMARTS) is 1. The molecule has 2 aromatic heterocycles. The van der Waals surface area contributed by atoms with E-state index in [2.05, 4.69) is 4.98 Å². The monoisotopic (exact) mass is 215 g/mol. The maximum atomic E-state index is 10.8.